The number of halogens is 1. The minimum Gasteiger partial charge on any atom is -0.496 e. The number of anilines is 1. The molecule has 1 aromatic heterocycles. The van der Waals surface area contributed by atoms with Gasteiger partial charge in [0.2, 0.25) is 10.0 Å². The van der Waals surface area contributed by atoms with Gasteiger partial charge in [-0.25, -0.2) is 12.7 Å². The van der Waals surface area contributed by atoms with Crippen molar-refractivity contribution in [2.75, 3.05) is 26.5 Å². The van der Waals surface area contributed by atoms with Crippen LogP contribution in [0, 0.1) is 0 Å². The van der Waals surface area contributed by atoms with E-state index in [-0.39, 0.29) is 16.2 Å². The molecule has 0 radical (unpaired) electrons. The highest BCUT2D eigenvalue weighted by atomic mass is 35.5. The Morgan fingerprint density at radius 2 is 1.89 bits per heavy atom. The minimum absolute atomic E-state index is 0.00480. The summed E-state index contributed by atoms with van der Waals surface area (Å²) in [5, 5.41) is 4.03. The van der Waals surface area contributed by atoms with Gasteiger partial charge in [-0.05, 0) is 42.5 Å². The third-order valence-corrected chi connectivity index (χ3v) is 6.19. The van der Waals surface area contributed by atoms with E-state index in [1.54, 1.807) is 30.5 Å². The van der Waals surface area contributed by atoms with Gasteiger partial charge in [-0.3, -0.25) is 9.78 Å². The summed E-state index contributed by atoms with van der Waals surface area (Å²) in [6.07, 6.45) is 1.55. The van der Waals surface area contributed by atoms with Gasteiger partial charge >= 0.3 is 0 Å². The quantitative estimate of drug-likeness (QED) is 0.684. The summed E-state index contributed by atoms with van der Waals surface area (Å²) < 4.78 is 31.1. The second-order valence-corrected chi connectivity index (χ2v) is 8.71. The van der Waals surface area contributed by atoms with E-state index in [2.05, 4.69) is 10.3 Å². The first-order valence-electron chi connectivity index (χ1n) is 8.20. The zero-order valence-electron chi connectivity index (χ0n) is 15.4. The summed E-state index contributed by atoms with van der Waals surface area (Å²) in [6, 6.07) is 10.9. The number of ether oxygens (including phenoxy) is 1. The molecule has 3 rings (SSSR count). The van der Waals surface area contributed by atoms with Crippen molar-refractivity contribution in [1.82, 2.24) is 9.29 Å². The molecule has 0 aliphatic rings. The second kappa shape index (κ2) is 7.75. The maximum absolute atomic E-state index is 12.9. The monoisotopic (exact) mass is 419 g/mol. The number of methoxy groups -OCH3 is 1. The molecule has 0 saturated heterocycles. The molecule has 0 spiro atoms. The molecule has 3 aromatic rings. The number of nitrogens with zero attached hydrogens (tertiary/aromatic N) is 2. The van der Waals surface area contributed by atoms with Gasteiger partial charge in [-0.15, -0.1) is 0 Å². The van der Waals surface area contributed by atoms with Crippen molar-refractivity contribution in [2.24, 2.45) is 0 Å². The van der Waals surface area contributed by atoms with Crippen molar-refractivity contribution >= 4 is 44.1 Å². The fourth-order valence-corrected chi connectivity index (χ4v) is 3.75. The number of pyridine rings is 1. The molecule has 0 aliphatic carbocycles. The van der Waals surface area contributed by atoms with Crippen molar-refractivity contribution in [3.8, 4) is 5.75 Å². The number of sulfonamides is 1. The van der Waals surface area contributed by atoms with Gasteiger partial charge in [-0.2, -0.15) is 0 Å². The Morgan fingerprint density at radius 1 is 1.14 bits per heavy atom. The molecule has 9 heteroatoms. The third kappa shape index (κ3) is 3.80. The van der Waals surface area contributed by atoms with Crippen LogP contribution in [0.15, 0.2) is 53.6 Å². The summed E-state index contributed by atoms with van der Waals surface area (Å²) in [6.45, 7) is 0. The Kier molecular flexibility index (Phi) is 5.55. The normalized spacial score (nSPS) is 11.6. The van der Waals surface area contributed by atoms with Crippen LogP contribution in [-0.2, 0) is 10.0 Å². The SMILES string of the molecule is COc1ccc(S(=O)(=O)N(C)C)cc1C(=O)Nc1ccnc2cc(Cl)ccc12. The van der Waals surface area contributed by atoms with Crippen LogP contribution in [0.4, 0.5) is 5.69 Å². The highest BCUT2D eigenvalue weighted by Gasteiger charge is 2.22. The first-order chi connectivity index (χ1) is 13.2. The van der Waals surface area contributed by atoms with Gasteiger partial charge in [0, 0.05) is 30.7 Å². The fraction of sp³-hybridized carbons (Fsp3) is 0.158. The average Bonchev–Trinajstić information content (AvgIpc) is 2.67. The molecule has 1 N–H and O–H groups in total. The molecular formula is C19H18ClN3O4S. The molecule has 7 nitrogen and oxygen atoms in total. The second-order valence-electron chi connectivity index (χ2n) is 6.12. The molecule has 2 aromatic carbocycles. The molecule has 1 heterocycles. The van der Waals surface area contributed by atoms with E-state index in [0.717, 1.165) is 4.31 Å². The molecule has 146 valence electrons. The smallest absolute Gasteiger partial charge is 0.259 e. The molecule has 0 atom stereocenters. The predicted molar refractivity (Wildman–Crippen MR) is 109 cm³/mol. The Labute approximate surface area is 167 Å². The number of hydrogen-bond acceptors (Lipinski definition) is 5. The average molecular weight is 420 g/mol. The topological polar surface area (TPSA) is 88.6 Å². The minimum atomic E-state index is -3.70. The lowest BCUT2D eigenvalue weighted by Crippen LogP contribution is -2.23. The maximum atomic E-state index is 12.9. The van der Waals surface area contributed by atoms with Crippen molar-refractivity contribution in [1.29, 1.82) is 0 Å². The van der Waals surface area contributed by atoms with Crippen LogP contribution in [0.25, 0.3) is 10.9 Å². The molecule has 0 fully saturated rings. The Bertz CT molecular complexity index is 1160. The van der Waals surface area contributed by atoms with E-state index in [4.69, 9.17) is 16.3 Å². The summed E-state index contributed by atoms with van der Waals surface area (Å²) in [5.41, 5.74) is 1.25. The van der Waals surface area contributed by atoms with Crippen LogP contribution in [0.5, 0.6) is 5.75 Å². The highest BCUT2D eigenvalue weighted by Crippen LogP contribution is 2.28. The first-order valence-corrected chi connectivity index (χ1v) is 10.0. The number of carbonyl (C=O) groups excluding carboxylic acids is 1. The van der Waals surface area contributed by atoms with Gasteiger partial charge in [0.05, 0.1) is 28.8 Å². The molecular weight excluding hydrogens is 402 g/mol. The van der Waals surface area contributed by atoms with Gasteiger partial charge in [0.15, 0.2) is 0 Å². The van der Waals surface area contributed by atoms with Crippen LogP contribution in [-0.4, -0.2) is 44.8 Å². The number of fused-ring (bicyclic) bond motifs is 1. The van der Waals surface area contributed by atoms with Crippen LogP contribution >= 0.6 is 11.6 Å². The van der Waals surface area contributed by atoms with Crippen LogP contribution in [0.3, 0.4) is 0 Å². The van der Waals surface area contributed by atoms with Crippen LogP contribution < -0.4 is 10.1 Å². The summed E-state index contributed by atoms with van der Waals surface area (Å²) in [7, 11) is 0.564. The lowest BCUT2D eigenvalue weighted by molar-refractivity contribution is 0.102. The fourth-order valence-electron chi connectivity index (χ4n) is 2.66. The number of rotatable bonds is 5. The molecule has 0 aliphatic heterocycles. The highest BCUT2D eigenvalue weighted by molar-refractivity contribution is 7.89. The first kappa shape index (κ1) is 20.1. The van der Waals surface area contributed by atoms with Crippen molar-refractivity contribution in [3.63, 3.8) is 0 Å². The maximum Gasteiger partial charge on any atom is 0.259 e. The molecule has 0 bridgehead atoms. The van der Waals surface area contributed by atoms with E-state index in [0.29, 0.717) is 21.6 Å². The number of nitrogens with one attached hydrogen (secondary N) is 1. The Balaban J connectivity index is 2.03. The molecule has 0 unspecified atom stereocenters. The van der Waals surface area contributed by atoms with Gasteiger partial charge in [0.25, 0.3) is 5.91 Å². The largest absolute Gasteiger partial charge is 0.496 e. The van der Waals surface area contributed by atoms with Crippen molar-refractivity contribution in [3.05, 3.63) is 59.2 Å². The zero-order valence-corrected chi connectivity index (χ0v) is 17.0. The lowest BCUT2D eigenvalue weighted by atomic mass is 10.1. The number of benzene rings is 2. The van der Waals surface area contributed by atoms with Crippen molar-refractivity contribution < 1.29 is 17.9 Å². The van der Waals surface area contributed by atoms with Crippen LogP contribution in [0.1, 0.15) is 10.4 Å². The van der Waals surface area contributed by atoms with Crippen molar-refractivity contribution in [2.45, 2.75) is 4.90 Å². The van der Waals surface area contributed by atoms with E-state index in [1.807, 2.05) is 0 Å². The summed E-state index contributed by atoms with van der Waals surface area (Å²) >= 11 is 5.99. The number of aromatic nitrogens is 1. The standard InChI is InChI=1S/C19H18ClN3O4S/c1-23(2)28(25,26)13-5-7-18(27-3)15(11-13)19(24)22-16-8-9-21-17-10-12(20)4-6-14(16)17/h4-11H,1-3H3,(H,21,22,24). The van der Waals surface area contributed by atoms with Gasteiger partial charge in [0.1, 0.15) is 5.75 Å². The zero-order chi connectivity index (χ0) is 20.5. The Hall–Kier alpha value is -2.68. The van der Waals surface area contributed by atoms with E-state index in [1.165, 1.54) is 39.4 Å². The van der Waals surface area contributed by atoms with Crippen LogP contribution in [0.2, 0.25) is 5.02 Å². The number of hydrogen-bond donors (Lipinski definition) is 1. The lowest BCUT2D eigenvalue weighted by Gasteiger charge is -2.15. The van der Waals surface area contributed by atoms with E-state index < -0.39 is 15.9 Å². The van der Waals surface area contributed by atoms with Gasteiger partial charge in [-0.1, -0.05) is 11.6 Å². The molecule has 28 heavy (non-hydrogen) atoms. The summed E-state index contributed by atoms with van der Waals surface area (Å²) in [4.78, 5) is 17.1. The number of carbonyl (C=O) groups is 1. The van der Waals surface area contributed by atoms with E-state index >= 15 is 0 Å². The predicted octanol–water partition coefficient (Wildman–Crippen LogP) is 3.40. The molecule has 1 amide bonds. The third-order valence-electron chi connectivity index (χ3n) is 4.15. The molecule has 0 saturated carbocycles. The van der Waals surface area contributed by atoms with Gasteiger partial charge < -0.3 is 10.1 Å². The summed E-state index contributed by atoms with van der Waals surface area (Å²) in [5.74, 6) is -0.244. The van der Waals surface area contributed by atoms with E-state index in [9.17, 15) is 13.2 Å². The Morgan fingerprint density at radius 3 is 2.57 bits per heavy atom. The number of amides is 1.